The standard InChI is InChI=1S/C30H29BrF3N5O5/c1-16-10-18(3)39(36-16)29-35-26-13-37(27(42)19-4-9-25(31)24(12-19)30(32,33)34)17(2)11-23(26)28(43)38(29)20-5-7-22(8-6-20)44-15-21(41)14-40/h4-10,12,17,21,40-41H,11,13-15H2,1-3H3/t17-,21?/m1/s1. The van der Waals surface area contributed by atoms with Gasteiger partial charge in [0.25, 0.3) is 11.5 Å². The lowest BCUT2D eigenvalue weighted by molar-refractivity contribution is -0.138. The van der Waals surface area contributed by atoms with E-state index in [1.165, 1.54) is 26.3 Å². The zero-order valence-electron chi connectivity index (χ0n) is 24.0. The monoisotopic (exact) mass is 675 g/mol. The van der Waals surface area contributed by atoms with Crippen LogP contribution in [0.5, 0.6) is 5.75 Å². The SMILES string of the molecule is Cc1cc(C)n(-c2nc3c(c(=O)n2-c2ccc(OCC(O)CO)cc2)C[C@@H](C)N(C(=O)c2ccc(Br)c(C(F)(F)F)c2)C3)n1. The Hall–Kier alpha value is -4.01. The Labute approximate surface area is 258 Å². The summed E-state index contributed by atoms with van der Waals surface area (Å²) in [6.07, 6.45) is -5.56. The third-order valence-corrected chi connectivity index (χ3v) is 8.01. The van der Waals surface area contributed by atoms with Crippen LogP contribution in [0.25, 0.3) is 11.6 Å². The highest BCUT2D eigenvalue weighted by Crippen LogP contribution is 2.36. The highest BCUT2D eigenvalue weighted by molar-refractivity contribution is 9.10. The normalized spacial score (nSPS) is 15.7. The molecule has 1 aliphatic heterocycles. The number of aliphatic hydroxyl groups is 2. The lowest BCUT2D eigenvalue weighted by Gasteiger charge is -2.34. The van der Waals surface area contributed by atoms with Crippen LogP contribution in [0.15, 0.2) is 57.8 Å². The molecule has 0 fully saturated rings. The summed E-state index contributed by atoms with van der Waals surface area (Å²) in [5.41, 5.74) is 1.10. The smallest absolute Gasteiger partial charge is 0.417 e. The van der Waals surface area contributed by atoms with Crippen LogP contribution in [0.4, 0.5) is 13.2 Å². The molecule has 10 nitrogen and oxygen atoms in total. The molecule has 0 bridgehead atoms. The van der Waals surface area contributed by atoms with E-state index in [0.29, 0.717) is 34.1 Å². The van der Waals surface area contributed by atoms with Gasteiger partial charge < -0.3 is 19.8 Å². The number of benzene rings is 2. The van der Waals surface area contributed by atoms with Crippen LogP contribution in [0.3, 0.4) is 0 Å². The first kappa shape index (κ1) is 31.4. The summed E-state index contributed by atoms with van der Waals surface area (Å²) in [6.45, 7) is 4.69. The molecule has 1 amide bonds. The molecular formula is C30H29BrF3N5O5. The molecule has 232 valence electrons. The zero-order chi connectivity index (χ0) is 31.9. The number of carbonyl (C=O) groups excluding carboxylic acids is 1. The molecule has 14 heteroatoms. The van der Waals surface area contributed by atoms with E-state index >= 15 is 0 Å². The van der Waals surface area contributed by atoms with Crippen LogP contribution in [-0.4, -0.2) is 65.7 Å². The van der Waals surface area contributed by atoms with Crippen molar-refractivity contribution in [2.45, 2.75) is 52.1 Å². The van der Waals surface area contributed by atoms with Crippen LogP contribution >= 0.6 is 15.9 Å². The summed E-state index contributed by atoms with van der Waals surface area (Å²) < 4.78 is 48.9. The third-order valence-electron chi connectivity index (χ3n) is 7.32. The third kappa shape index (κ3) is 6.14. The molecule has 2 N–H and O–H groups in total. The molecule has 4 aromatic rings. The van der Waals surface area contributed by atoms with Gasteiger partial charge in [0.1, 0.15) is 18.5 Å². The van der Waals surface area contributed by atoms with Gasteiger partial charge in [0.05, 0.1) is 35.8 Å². The quantitative estimate of drug-likeness (QED) is 0.302. The second-order valence-electron chi connectivity index (χ2n) is 10.6. The number of nitrogens with zero attached hydrogens (tertiary/aromatic N) is 5. The second kappa shape index (κ2) is 12.2. The van der Waals surface area contributed by atoms with Gasteiger partial charge in [-0.1, -0.05) is 15.9 Å². The first-order valence-corrected chi connectivity index (χ1v) is 14.5. The molecule has 0 saturated heterocycles. The van der Waals surface area contributed by atoms with E-state index in [1.54, 1.807) is 38.1 Å². The van der Waals surface area contributed by atoms with Crippen molar-refractivity contribution < 1.29 is 32.9 Å². The van der Waals surface area contributed by atoms with Crippen LogP contribution in [0.1, 0.15) is 45.5 Å². The minimum absolute atomic E-state index is 0.0882. The number of alkyl halides is 3. The molecule has 2 atom stereocenters. The average molecular weight is 676 g/mol. The number of ether oxygens (including phenoxy) is 1. The fourth-order valence-electron chi connectivity index (χ4n) is 5.10. The van der Waals surface area contributed by atoms with E-state index in [2.05, 4.69) is 21.0 Å². The van der Waals surface area contributed by atoms with Crippen LogP contribution in [-0.2, 0) is 19.1 Å². The minimum Gasteiger partial charge on any atom is -0.491 e. The highest BCUT2D eigenvalue weighted by Gasteiger charge is 2.36. The van der Waals surface area contributed by atoms with Crippen molar-refractivity contribution in [3.8, 4) is 17.4 Å². The number of aryl methyl sites for hydroxylation is 2. The average Bonchev–Trinajstić information content (AvgIpc) is 3.32. The maximum Gasteiger partial charge on any atom is 0.417 e. The van der Waals surface area contributed by atoms with Gasteiger partial charge in [0.2, 0.25) is 5.95 Å². The van der Waals surface area contributed by atoms with Gasteiger partial charge in [0.15, 0.2) is 0 Å². The Kier molecular flexibility index (Phi) is 8.69. The van der Waals surface area contributed by atoms with Crippen molar-refractivity contribution in [2.75, 3.05) is 13.2 Å². The van der Waals surface area contributed by atoms with Gasteiger partial charge in [-0.25, -0.2) is 14.2 Å². The van der Waals surface area contributed by atoms with E-state index in [1.807, 2.05) is 13.0 Å². The number of carbonyl (C=O) groups is 1. The minimum atomic E-state index is -4.65. The molecule has 3 heterocycles. The van der Waals surface area contributed by atoms with E-state index in [-0.39, 0.29) is 41.1 Å². The molecule has 0 radical (unpaired) electrons. The maximum absolute atomic E-state index is 14.1. The van der Waals surface area contributed by atoms with E-state index in [0.717, 1.165) is 6.07 Å². The predicted molar refractivity (Wildman–Crippen MR) is 157 cm³/mol. The van der Waals surface area contributed by atoms with E-state index < -0.39 is 36.4 Å². The Morgan fingerprint density at radius 3 is 2.48 bits per heavy atom. The molecule has 5 rings (SSSR count). The number of halogens is 4. The number of hydrogen-bond donors (Lipinski definition) is 2. The van der Waals surface area contributed by atoms with Gasteiger partial charge in [-0.3, -0.25) is 9.59 Å². The predicted octanol–water partition coefficient (Wildman–Crippen LogP) is 4.14. The van der Waals surface area contributed by atoms with Gasteiger partial charge in [0, 0.05) is 27.3 Å². The summed E-state index contributed by atoms with van der Waals surface area (Å²) >= 11 is 2.91. The van der Waals surface area contributed by atoms with Gasteiger partial charge in [-0.15, -0.1) is 0 Å². The maximum atomic E-state index is 14.1. The fraction of sp³-hybridized carbons (Fsp3) is 0.333. The number of amides is 1. The molecule has 44 heavy (non-hydrogen) atoms. The van der Waals surface area contributed by atoms with Crippen molar-refractivity contribution in [1.29, 1.82) is 0 Å². The highest BCUT2D eigenvalue weighted by atomic mass is 79.9. The summed E-state index contributed by atoms with van der Waals surface area (Å²) in [5.74, 6) is -0.0207. The number of aliphatic hydroxyl groups excluding tert-OH is 2. The molecular weight excluding hydrogens is 647 g/mol. The molecule has 0 saturated carbocycles. The molecule has 2 aromatic carbocycles. The Balaban J connectivity index is 1.56. The topological polar surface area (TPSA) is 123 Å². The summed E-state index contributed by atoms with van der Waals surface area (Å²) in [6, 6.07) is 11.2. The van der Waals surface area contributed by atoms with Crippen molar-refractivity contribution in [1.82, 2.24) is 24.2 Å². The number of hydrogen-bond acceptors (Lipinski definition) is 7. The largest absolute Gasteiger partial charge is 0.491 e. The van der Waals surface area contributed by atoms with Crippen LogP contribution in [0.2, 0.25) is 0 Å². The van der Waals surface area contributed by atoms with E-state index in [4.69, 9.17) is 14.8 Å². The van der Waals surface area contributed by atoms with Crippen LogP contribution < -0.4 is 10.3 Å². The first-order chi connectivity index (χ1) is 20.8. The lowest BCUT2D eigenvalue weighted by Crippen LogP contribution is -2.46. The van der Waals surface area contributed by atoms with Crippen molar-refractivity contribution in [2.24, 2.45) is 0 Å². The number of rotatable bonds is 7. The van der Waals surface area contributed by atoms with Crippen molar-refractivity contribution >= 4 is 21.8 Å². The van der Waals surface area contributed by atoms with Gasteiger partial charge >= 0.3 is 6.18 Å². The second-order valence-corrected chi connectivity index (χ2v) is 11.5. The number of aromatic nitrogens is 4. The zero-order valence-corrected chi connectivity index (χ0v) is 25.6. The van der Waals surface area contributed by atoms with Crippen molar-refractivity contribution in [3.63, 3.8) is 0 Å². The Morgan fingerprint density at radius 1 is 1.16 bits per heavy atom. The van der Waals surface area contributed by atoms with Crippen molar-refractivity contribution in [3.05, 3.63) is 97.1 Å². The first-order valence-electron chi connectivity index (χ1n) is 13.7. The Bertz CT molecular complexity index is 1770. The molecule has 0 aliphatic carbocycles. The summed E-state index contributed by atoms with van der Waals surface area (Å²) in [7, 11) is 0. The molecule has 1 unspecified atom stereocenters. The molecule has 2 aromatic heterocycles. The molecule has 0 spiro atoms. The fourth-order valence-corrected chi connectivity index (χ4v) is 5.57. The van der Waals surface area contributed by atoms with Gasteiger partial charge in [-0.2, -0.15) is 18.3 Å². The van der Waals surface area contributed by atoms with Crippen LogP contribution in [0, 0.1) is 13.8 Å². The lowest BCUT2D eigenvalue weighted by atomic mass is 9.98. The van der Waals surface area contributed by atoms with Gasteiger partial charge in [-0.05, 0) is 75.7 Å². The molecule has 1 aliphatic rings. The van der Waals surface area contributed by atoms with E-state index in [9.17, 15) is 27.9 Å². The summed E-state index contributed by atoms with van der Waals surface area (Å²) in [5, 5.41) is 23.1. The Morgan fingerprint density at radius 2 is 1.86 bits per heavy atom. The summed E-state index contributed by atoms with van der Waals surface area (Å²) in [4.78, 5) is 33.8. The number of fused-ring (bicyclic) bond motifs is 1.